The standard InChI is InChI=1S/C18H22N2O3/c1-12-6-5-9-16(13(12)2)20-18(23)15-7-3-4-8-17(15)19-10-14(22)11-21/h3-9,14,19,21-22H,10-11H2,1-2H3,(H,20,23). The molecule has 2 rings (SSSR count). The van der Waals surface area contributed by atoms with E-state index >= 15 is 0 Å². The third kappa shape index (κ3) is 4.31. The van der Waals surface area contributed by atoms with Crippen LogP contribution in [0.15, 0.2) is 42.5 Å². The van der Waals surface area contributed by atoms with Gasteiger partial charge in [0, 0.05) is 17.9 Å². The zero-order valence-electron chi connectivity index (χ0n) is 13.3. The summed E-state index contributed by atoms with van der Waals surface area (Å²) in [5.41, 5.74) is 4.02. The largest absolute Gasteiger partial charge is 0.394 e. The van der Waals surface area contributed by atoms with Gasteiger partial charge in [-0.15, -0.1) is 0 Å². The van der Waals surface area contributed by atoms with Crippen molar-refractivity contribution in [2.45, 2.75) is 20.0 Å². The van der Waals surface area contributed by atoms with E-state index in [0.29, 0.717) is 11.3 Å². The van der Waals surface area contributed by atoms with Gasteiger partial charge in [0.25, 0.3) is 5.91 Å². The minimum absolute atomic E-state index is 0.171. The van der Waals surface area contributed by atoms with Crippen LogP contribution in [0, 0.1) is 13.8 Å². The van der Waals surface area contributed by atoms with Crippen molar-refractivity contribution in [1.29, 1.82) is 0 Å². The monoisotopic (exact) mass is 314 g/mol. The fourth-order valence-corrected chi connectivity index (χ4v) is 2.20. The van der Waals surface area contributed by atoms with Crippen molar-refractivity contribution < 1.29 is 15.0 Å². The molecule has 0 saturated carbocycles. The molecule has 0 spiro atoms. The van der Waals surface area contributed by atoms with Crippen molar-refractivity contribution in [2.75, 3.05) is 23.8 Å². The van der Waals surface area contributed by atoms with Crippen LogP contribution in [-0.2, 0) is 0 Å². The first-order valence-electron chi connectivity index (χ1n) is 7.52. The van der Waals surface area contributed by atoms with Gasteiger partial charge in [0.1, 0.15) is 0 Å². The van der Waals surface area contributed by atoms with E-state index in [4.69, 9.17) is 5.11 Å². The Bertz CT molecular complexity index is 686. The Morgan fingerprint density at radius 1 is 1.09 bits per heavy atom. The highest BCUT2D eigenvalue weighted by atomic mass is 16.3. The molecule has 1 atom stereocenters. The Balaban J connectivity index is 2.17. The van der Waals surface area contributed by atoms with Crippen molar-refractivity contribution in [2.24, 2.45) is 0 Å². The van der Waals surface area contributed by atoms with E-state index in [9.17, 15) is 9.90 Å². The van der Waals surface area contributed by atoms with E-state index in [1.54, 1.807) is 18.2 Å². The van der Waals surface area contributed by atoms with Gasteiger partial charge < -0.3 is 20.8 Å². The fraction of sp³-hybridized carbons (Fsp3) is 0.278. The molecule has 0 fully saturated rings. The van der Waals surface area contributed by atoms with Gasteiger partial charge in [0.2, 0.25) is 0 Å². The smallest absolute Gasteiger partial charge is 0.257 e. The minimum atomic E-state index is -0.870. The lowest BCUT2D eigenvalue weighted by molar-refractivity contribution is 0.102. The summed E-state index contributed by atoms with van der Waals surface area (Å²) in [5.74, 6) is -0.222. The third-order valence-corrected chi connectivity index (χ3v) is 3.76. The maximum absolute atomic E-state index is 12.5. The highest BCUT2D eigenvalue weighted by molar-refractivity contribution is 6.08. The van der Waals surface area contributed by atoms with Crippen LogP contribution < -0.4 is 10.6 Å². The third-order valence-electron chi connectivity index (χ3n) is 3.76. The molecule has 1 amide bonds. The fourth-order valence-electron chi connectivity index (χ4n) is 2.20. The topological polar surface area (TPSA) is 81.6 Å². The van der Waals surface area contributed by atoms with Gasteiger partial charge >= 0.3 is 0 Å². The Morgan fingerprint density at radius 3 is 2.52 bits per heavy atom. The van der Waals surface area contributed by atoms with Crippen molar-refractivity contribution >= 4 is 17.3 Å². The highest BCUT2D eigenvalue weighted by Crippen LogP contribution is 2.21. The summed E-state index contributed by atoms with van der Waals surface area (Å²) < 4.78 is 0. The molecule has 0 saturated heterocycles. The van der Waals surface area contributed by atoms with Gasteiger partial charge in [-0.2, -0.15) is 0 Å². The lowest BCUT2D eigenvalue weighted by Crippen LogP contribution is -2.24. The van der Waals surface area contributed by atoms with Gasteiger partial charge in [-0.1, -0.05) is 24.3 Å². The number of hydrogen-bond acceptors (Lipinski definition) is 4. The maximum atomic E-state index is 12.5. The van der Waals surface area contributed by atoms with Crippen molar-refractivity contribution in [3.8, 4) is 0 Å². The van der Waals surface area contributed by atoms with Crippen LogP contribution in [0.25, 0.3) is 0 Å². The molecule has 1 unspecified atom stereocenters. The van der Waals surface area contributed by atoms with Crippen LogP contribution in [0.2, 0.25) is 0 Å². The number of nitrogens with one attached hydrogen (secondary N) is 2. The molecule has 0 radical (unpaired) electrons. The van der Waals surface area contributed by atoms with Crippen LogP contribution in [0.4, 0.5) is 11.4 Å². The second-order valence-corrected chi connectivity index (χ2v) is 5.46. The molecule has 4 N–H and O–H groups in total. The summed E-state index contributed by atoms with van der Waals surface area (Å²) in [6.45, 7) is 3.80. The molecular formula is C18H22N2O3. The van der Waals surface area contributed by atoms with E-state index in [0.717, 1.165) is 16.8 Å². The lowest BCUT2D eigenvalue weighted by atomic mass is 10.1. The Labute approximate surface area is 136 Å². The quantitative estimate of drug-likeness (QED) is 0.659. The summed E-state index contributed by atoms with van der Waals surface area (Å²) >= 11 is 0. The summed E-state index contributed by atoms with van der Waals surface area (Å²) in [6.07, 6.45) is -0.870. The molecule has 0 aliphatic rings. The van der Waals surface area contributed by atoms with Crippen LogP contribution in [-0.4, -0.2) is 35.4 Å². The number of benzene rings is 2. The van der Waals surface area contributed by atoms with Gasteiger partial charge in [-0.05, 0) is 43.2 Å². The Kier molecular flexibility index (Phi) is 5.73. The first kappa shape index (κ1) is 17.0. The normalized spacial score (nSPS) is 11.8. The van der Waals surface area contributed by atoms with E-state index in [1.165, 1.54) is 0 Å². The second kappa shape index (κ2) is 7.76. The average molecular weight is 314 g/mol. The van der Waals surface area contributed by atoms with E-state index in [1.807, 2.05) is 38.1 Å². The minimum Gasteiger partial charge on any atom is -0.394 e. The lowest BCUT2D eigenvalue weighted by Gasteiger charge is -2.15. The predicted molar refractivity (Wildman–Crippen MR) is 91.9 cm³/mol. The van der Waals surface area contributed by atoms with Crippen molar-refractivity contribution in [1.82, 2.24) is 0 Å². The summed E-state index contributed by atoms with van der Waals surface area (Å²) in [4.78, 5) is 12.5. The van der Waals surface area contributed by atoms with Crippen LogP contribution in [0.1, 0.15) is 21.5 Å². The van der Waals surface area contributed by atoms with Crippen LogP contribution in [0.3, 0.4) is 0 Å². The molecular weight excluding hydrogens is 292 g/mol. The molecule has 122 valence electrons. The molecule has 2 aromatic carbocycles. The number of amides is 1. The number of aryl methyl sites for hydroxylation is 1. The van der Waals surface area contributed by atoms with E-state index in [2.05, 4.69) is 10.6 Å². The molecule has 2 aromatic rings. The molecule has 0 aromatic heterocycles. The number of aliphatic hydroxyl groups excluding tert-OH is 2. The first-order chi connectivity index (χ1) is 11.0. The van der Waals surface area contributed by atoms with Crippen molar-refractivity contribution in [3.63, 3.8) is 0 Å². The number of carbonyl (C=O) groups excluding carboxylic acids is 1. The first-order valence-corrected chi connectivity index (χ1v) is 7.52. The second-order valence-electron chi connectivity index (χ2n) is 5.46. The molecule has 0 bridgehead atoms. The van der Waals surface area contributed by atoms with Crippen molar-refractivity contribution in [3.05, 3.63) is 59.2 Å². The van der Waals surface area contributed by atoms with Gasteiger partial charge in [0.15, 0.2) is 0 Å². The molecule has 0 aliphatic heterocycles. The van der Waals surface area contributed by atoms with E-state index < -0.39 is 6.10 Å². The molecule has 0 aliphatic carbocycles. The zero-order chi connectivity index (χ0) is 16.8. The number of rotatable bonds is 6. The van der Waals surface area contributed by atoms with Crippen LogP contribution >= 0.6 is 0 Å². The Morgan fingerprint density at radius 2 is 1.78 bits per heavy atom. The SMILES string of the molecule is Cc1cccc(NC(=O)c2ccccc2NCC(O)CO)c1C. The van der Waals surface area contributed by atoms with Gasteiger partial charge in [-0.25, -0.2) is 0 Å². The predicted octanol–water partition coefficient (Wildman–Crippen LogP) is 2.32. The summed E-state index contributed by atoms with van der Waals surface area (Å²) in [7, 11) is 0. The van der Waals surface area contributed by atoms with E-state index in [-0.39, 0.29) is 19.1 Å². The van der Waals surface area contributed by atoms with Gasteiger partial charge in [-0.3, -0.25) is 4.79 Å². The highest BCUT2D eigenvalue weighted by Gasteiger charge is 2.13. The number of anilines is 2. The number of aliphatic hydroxyl groups is 2. The zero-order valence-corrected chi connectivity index (χ0v) is 13.3. The Hall–Kier alpha value is -2.37. The number of hydrogen-bond donors (Lipinski definition) is 4. The average Bonchev–Trinajstić information content (AvgIpc) is 2.57. The summed E-state index contributed by atoms with van der Waals surface area (Å²) in [5, 5.41) is 24.2. The molecule has 23 heavy (non-hydrogen) atoms. The number of para-hydroxylation sites is 1. The molecule has 0 heterocycles. The summed E-state index contributed by atoms with van der Waals surface area (Å²) in [6, 6.07) is 12.8. The molecule has 5 nitrogen and oxygen atoms in total. The molecule has 5 heteroatoms. The number of carbonyl (C=O) groups is 1. The van der Waals surface area contributed by atoms with Gasteiger partial charge in [0.05, 0.1) is 18.3 Å². The maximum Gasteiger partial charge on any atom is 0.257 e. The van der Waals surface area contributed by atoms with Crippen LogP contribution in [0.5, 0.6) is 0 Å².